The maximum absolute atomic E-state index is 12.7. The second-order valence-electron chi connectivity index (χ2n) is 4.65. The number of nitrogens with one attached hydrogen (secondary N) is 1. The van der Waals surface area contributed by atoms with Crippen LogP contribution in [0.3, 0.4) is 0 Å². The van der Waals surface area contributed by atoms with Gasteiger partial charge in [0.1, 0.15) is 4.90 Å². The highest BCUT2D eigenvalue weighted by Crippen LogP contribution is 2.33. The second-order valence-corrected chi connectivity index (χ2v) is 7.29. The first-order valence-corrected chi connectivity index (χ1v) is 8.24. The van der Waals surface area contributed by atoms with Crippen LogP contribution in [-0.2, 0) is 10.0 Å². The zero-order valence-corrected chi connectivity index (χ0v) is 13.1. The van der Waals surface area contributed by atoms with Crippen LogP contribution >= 0.6 is 23.2 Å². The van der Waals surface area contributed by atoms with E-state index in [4.69, 9.17) is 23.2 Å². The Labute approximate surface area is 123 Å². The van der Waals surface area contributed by atoms with Crippen LogP contribution in [0.15, 0.2) is 23.1 Å². The molecule has 106 valence electrons. The first-order valence-electron chi connectivity index (χ1n) is 6.05. The van der Waals surface area contributed by atoms with Gasteiger partial charge in [0.05, 0.1) is 10.0 Å². The monoisotopic (exact) mass is 322 g/mol. The van der Waals surface area contributed by atoms with E-state index in [1.165, 1.54) is 16.4 Å². The molecule has 1 aromatic rings. The van der Waals surface area contributed by atoms with Gasteiger partial charge < -0.3 is 5.32 Å². The van der Waals surface area contributed by atoms with Crippen LogP contribution < -0.4 is 5.32 Å². The topological polar surface area (TPSA) is 49.4 Å². The summed E-state index contributed by atoms with van der Waals surface area (Å²) in [5.74, 6) is 0. The van der Waals surface area contributed by atoms with Crippen LogP contribution in [0.2, 0.25) is 10.0 Å². The highest BCUT2D eigenvalue weighted by molar-refractivity contribution is 7.89. The number of piperazine rings is 1. The third kappa shape index (κ3) is 2.76. The molecule has 2 unspecified atom stereocenters. The number of hydrogen-bond acceptors (Lipinski definition) is 3. The minimum absolute atomic E-state index is 0.000664. The molecule has 0 aliphatic carbocycles. The lowest BCUT2D eigenvalue weighted by Crippen LogP contribution is -2.57. The molecule has 0 aromatic heterocycles. The molecule has 7 heteroatoms. The molecule has 1 aromatic carbocycles. The molecule has 2 atom stereocenters. The summed E-state index contributed by atoms with van der Waals surface area (Å²) in [5, 5.41) is 3.56. The highest BCUT2D eigenvalue weighted by atomic mass is 35.5. The van der Waals surface area contributed by atoms with Gasteiger partial charge in [-0.25, -0.2) is 8.42 Å². The molecule has 1 heterocycles. The SMILES string of the molecule is CC1NCCN(S(=O)(=O)c2c(Cl)cccc2Cl)C1C. The molecule has 1 N–H and O–H groups in total. The van der Waals surface area contributed by atoms with Crippen molar-refractivity contribution in [3.8, 4) is 0 Å². The van der Waals surface area contributed by atoms with Crippen LogP contribution in [0.5, 0.6) is 0 Å². The van der Waals surface area contributed by atoms with Gasteiger partial charge in [0, 0.05) is 25.2 Å². The van der Waals surface area contributed by atoms with Gasteiger partial charge in [0.15, 0.2) is 0 Å². The molecule has 0 spiro atoms. The van der Waals surface area contributed by atoms with Gasteiger partial charge >= 0.3 is 0 Å². The van der Waals surface area contributed by atoms with Gasteiger partial charge in [-0.15, -0.1) is 0 Å². The summed E-state index contributed by atoms with van der Waals surface area (Å²) in [6.07, 6.45) is 0. The van der Waals surface area contributed by atoms with E-state index in [-0.39, 0.29) is 27.0 Å². The van der Waals surface area contributed by atoms with Crippen molar-refractivity contribution in [2.24, 2.45) is 0 Å². The molecule has 0 amide bonds. The zero-order chi connectivity index (χ0) is 14.2. The Kier molecular flexibility index (Phi) is 4.42. The van der Waals surface area contributed by atoms with E-state index >= 15 is 0 Å². The average Bonchev–Trinajstić information content (AvgIpc) is 2.32. The number of hydrogen-bond donors (Lipinski definition) is 1. The molecule has 19 heavy (non-hydrogen) atoms. The van der Waals surface area contributed by atoms with Gasteiger partial charge in [0.2, 0.25) is 10.0 Å². The number of rotatable bonds is 2. The smallest absolute Gasteiger partial charge is 0.246 e. The number of benzene rings is 1. The lowest BCUT2D eigenvalue weighted by atomic mass is 10.1. The van der Waals surface area contributed by atoms with Crippen molar-refractivity contribution in [3.05, 3.63) is 28.2 Å². The van der Waals surface area contributed by atoms with Crippen molar-refractivity contribution in [3.63, 3.8) is 0 Å². The molecule has 0 radical (unpaired) electrons. The van der Waals surface area contributed by atoms with Crippen LogP contribution in [0.1, 0.15) is 13.8 Å². The molecule has 1 saturated heterocycles. The fraction of sp³-hybridized carbons (Fsp3) is 0.500. The van der Waals surface area contributed by atoms with Gasteiger partial charge in [-0.05, 0) is 26.0 Å². The van der Waals surface area contributed by atoms with Crippen molar-refractivity contribution < 1.29 is 8.42 Å². The molecule has 1 aliphatic rings. The summed E-state index contributed by atoms with van der Waals surface area (Å²) in [6.45, 7) is 4.86. The Bertz CT molecular complexity index is 557. The fourth-order valence-corrected chi connectivity index (χ4v) is 5.01. The minimum Gasteiger partial charge on any atom is -0.311 e. The molecular formula is C12H16Cl2N2O2S. The number of halogens is 2. The Balaban J connectivity index is 2.48. The molecule has 0 bridgehead atoms. The van der Waals surface area contributed by atoms with E-state index in [1.54, 1.807) is 6.07 Å². The van der Waals surface area contributed by atoms with E-state index in [1.807, 2.05) is 13.8 Å². The minimum atomic E-state index is -3.68. The fourth-order valence-electron chi connectivity index (χ4n) is 2.21. The standard InChI is InChI=1S/C12H16Cl2N2O2S/c1-8-9(2)16(7-6-15-8)19(17,18)12-10(13)4-3-5-11(12)14/h3-5,8-9,15H,6-7H2,1-2H3. The Morgan fingerprint density at radius 2 is 1.84 bits per heavy atom. The van der Waals surface area contributed by atoms with Crippen LogP contribution in [-0.4, -0.2) is 37.9 Å². The van der Waals surface area contributed by atoms with E-state index in [0.29, 0.717) is 13.1 Å². The quantitative estimate of drug-likeness (QED) is 0.909. The first-order chi connectivity index (χ1) is 8.85. The Morgan fingerprint density at radius 3 is 2.42 bits per heavy atom. The van der Waals surface area contributed by atoms with Crippen molar-refractivity contribution in [1.82, 2.24) is 9.62 Å². The summed E-state index contributed by atoms with van der Waals surface area (Å²) >= 11 is 12.0. The summed E-state index contributed by atoms with van der Waals surface area (Å²) in [4.78, 5) is -0.000664. The third-order valence-electron chi connectivity index (χ3n) is 3.46. The summed E-state index contributed by atoms with van der Waals surface area (Å²) in [6, 6.07) is 4.65. The lowest BCUT2D eigenvalue weighted by molar-refractivity contribution is 0.233. The first kappa shape index (κ1) is 15.1. The van der Waals surface area contributed by atoms with Crippen molar-refractivity contribution in [2.75, 3.05) is 13.1 Å². The number of nitrogens with zero attached hydrogens (tertiary/aromatic N) is 1. The van der Waals surface area contributed by atoms with Crippen LogP contribution in [0.25, 0.3) is 0 Å². The average molecular weight is 323 g/mol. The normalized spacial score (nSPS) is 25.5. The van der Waals surface area contributed by atoms with E-state index < -0.39 is 10.0 Å². The van der Waals surface area contributed by atoms with Crippen molar-refractivity contribution in [2.45, 2.75) is 30.8 Å². The maximum atomic E-state index is 12.7. The summed E-state index contributed by atoms with van der Waals surface area (Å²) < 4.78 is 26.9. The van der Waals surface area contributed by atoms with E-state index in [2.05, 4.69) is 5.32 Å². The predicted molar refractivity (Wildman–Crippen MR) is 77.3 cm³/mol. The van der Waals surface area contributed by atoms with Gasteiger partial charge in [-0.2, -0.15) is 4.31 Å². The summed E-state index contributed by atoms with van der Waals surface area (Å²) in [5.41, 5.74) is 0. The lowest BCUT2D eigenvalue weighted by Gasteiger charge is -2.37. The largest absolute Gasteiger partial charge is 0.311 e. The van der Waals surface area contributed by atoms with Crippen molar-refractivity contribution >= 4 is 33.2 Å². The van der Waals surface area contributed by atoms with Crippen LogP contribution in [0, 0.1) is 0 Å². The molecule has 4 nitrogen and oxygen atoms in total. The second kappa shape index (κ2) is 5.58. The molecule has 2 rings (SSSR count). The van der Waals surface area contributed by atoms with Crippen LogP contribution in [0.4, 0.5) is 0 Å². The summed E-state index contributed by atoms with van der Waals surface area (Å²) in [7, 11) is -3.68. The predicted octanol–water partition coefficient (Wildman–Crippen LogP) is 2.36. The third-order valence-corrected chi connectivity index (χ3v) is 6.40. The van der Waals surface area contributed by atoms with Crippen molar-refractivity contribution in [1.29, 1.82) is 0 Å². The highest BCUT2D eigenvalue weighted by Gasteiger charge is 2.36. The molecule has 1 aliphatic heterocycles. The number of sulfonamides is 1. The molecule has 1 fully saturated rings. The van der Waals surface area contributed by atoms with Gasteiger partial charge in [0.25, 0.3) is 0 Å². The maximum Gasteiger partial charge on any atom is 0.246 e. The van der Waals surface area contributed by atoms with Gasteiger partial charge in [-0.3, -0.25) is 0 Å². The van der Waals surface area contributed by atoms with Gasteiger partial charge in [-0.1, -0.05) is 29.3 Å². The van der Waals surface area contributed by atoms with E-state index in [0.717, 1.165) is 0 Å². The Morgan fingerprint density at radius 1 is 1.26 bits per heavy atom. The molecule has 0 saturated carbocycles. The zero-order valence-electron chi connectivity index (χ0n) is 10.7. The molecular weight excluding hydrogens is 307 g/mol. The van der Waals surface area contributed by atoms with E-state index in [9.17, 15) is 8.42 Å². The Hall–Kier alpha value is -0.330.